The van der Waals surface area contributed by atoms with Crippen molar-refractivity contribution >= 4 is 11.8 Å². The number of methoxy groups -OCH3 is 1. The molecule has 0 radical (unpaired) electrons. The van der Waals surface area contributed by atoms with Gasteiger partial charge < -0.3 is 23.8 Å². The number of hydrogen-bond acceptors (Lipinski definition) is 6. The maximum atomic E-state index is 13.9. The highest BCUT2D eigenvalue weighted by Gasteiger charge is 2.30. The van der Waals surface area contributed by atoms with E-state index in [2.05, 4.69) is 10.1 Å². The van der Waals surface area contributed by atoms with Crippen LogP contribution in [-0.2, 0) is 11.3 Å². The van der Waals surface area contributed by atoms with E-state index in [4.69, 9.17) is 14.0 Å². The second-order valence-electron chi connectivity index (χ2n) is 9.25. The van der Waals surface area contributed by atoms with Gasteiger partial charge in [-0.15, -0.1) is 0 Å². The molecule has 2 aliphatic heterocycles. The Balaban J connectivity index is 1.53. The molecule has 0 aliphatic carbocycles. The fourth-order valence-electron chi connectivity index (χ4n) is 5.05. The van der Waals surface area contributed by atoms with Gasteiger partial charge in [-0.3, -0.25) is 4.79 Å². The summed E-state index contributed by atoms with van der Waals surface area (Å²) in [5.74, 6) is 1.26. The summed E-state index contributed by atoms with van der Waals surface area (Å²) in [4.78, 5) is 18.0. The number of piperidine rings is 1. The van der Waals surface area contributed by atoms with Crippen LogP contribution in [0.25, 0.3) is 11.3 Å². The van der Waals surface area contributed by atoms with Gasteiger partial charge >= 0.3 is 0 Å². The molecule has 1 aromatic heterocycles. The quantitative estimate of drug-likeness (QED) is 0.448. The Morgan fingerprint density at radius 2 is 1.83 bits per heavy atom. The SMILES string of the molecule is COc1ccccc1C(=O)N(Cc1c(-c2ccccc2)noc1N1CCCCC1)CC1CCCO1. The summed E-state index contributed by atoms with van der Waals surface area (Å²) in [6.07, 6.45) is 5.46. The van der Waals surface area contributed by atoms with Crippen molar-refractivity contribution in [1.29, 1.82) is 0 Å². The van der Waals surface area contributed by atoms with Gasteiger partial charge in [-0.05, 0) is 44.2 Å². The van der Waals surface area contributed by atoms with E-state index in [0.29, 0.717) is 24.4 Å². The van der Waals surface area contributed by atoms with Crippen molar-refractivity contribution in [3.8, 4) is 17.0 Å². The molecule has 1 atom stereocenters. The average molecular weight is 476 g/mol. The van der Waals surface area contributed by atoms with Gasteiger partial charge in [-0.2, -0.15) is 0 Å². The summed E-state index contributed by atoms with van der Waals surface area (Å²) in [7, 11) is 1.60. The Morgan fingerprint density at radius 1 is 1.06 bits per heavy atom. The van der Waals surface area contributed by atoms with Crippen LogP contribution in [0.5, 0.6) is 5.75 Å². The predicted molar refractivity (Wildman–Crippen MR) is 135 cm³/mol. The third-order valence-corrected chi connectivity index (χ3v) is 6.88. The van der Waals surface area contributed by atoms with Gasteiger partial charge in [0.2, 0.25) is 5.88 Å². The number of hydrogen-bond donors (Lipinski definition) is 0. The second-order valence-corrected chi connectivity index (χ2v) is 9.25. The van der Waals surface area contributed by atoms with Crippen LogP contribution in [0.1, 0.15) is 48.0 Å². The van der Waals surface area contributed by atoms with Gasteiger partial charge in [0.05, 0.1) is 30.9 Å². The van der Waals surface area contributed by atoms with Crippen molar-refractivity contribution in [2.24, 2.45) is 0 Å². The molecule has 2 fully saturated rings. The zero-order valence-corrected chi connectivity index (χ0v) is 20.3. The lowest BCUT2D eigenvalue weighted by atomic mass is 10.0. The number of aromatic nitrogens is 1. The van der Waals surface area contributed by atoms with Crippen LogP contribution in [0.4, 0.5) is 5.88 Å². The molecule has 0 bridgehead atoms. The van der Waals surface area contributed by atoms with Gasteiger partial charge in [-0.1, -0.05) is 47.6 Å². The van der Waals surface area contributed by atoms with Crippen LogP contribution in [0, 0.1) is 0 Å². The molecule has 7 nitrogen and oxygen atoms in total. The molecule has 1 unspecified atom stereocenters. The molecule has 35 heavy (non-hydrogen) atoms. The monoisotopic (exact) mass is 475 g/mol. The predicted octanol–water partition coefficient (Wildman–Crippen LogP) is 5.16. The van der Waals surface area contributed by atoms with E-state index < -0.39 is 0 Å². The zero-order valence-electron chi connectivity index (χ0n) is 20.3. The largest absolute Gasteiger partial charge is 0.496 e. The third kappa shape index (κ3) is 5.20. The van der Waals surface area contributed by atoms with E-state index in [-0.39, 0.29) is 12.0 Å². The number of carbonyl (C=O) groups excluding carboxylic acids is 1. The molecule has 7 heteroatoms. The maximum Gasteiger partial charge on any atom is 0.258 e. The van der Waals surface area contributed by atoms with Crippen LogP contribution in [0.3, 0.4) is 0 Å². The van der Waals surface area contributed by atoms with Gasteiger partial charge in [-0.25, -0.2) is 0 Å². The molecular formula is C28H33N3O4. The van der Waals surface area contributed by atoms with Crippen LogP contribution in [-0.4, -0.2) is 55.4 Å². The van der Waals surface area contributed by atoms with Crippen molar-refractivity contribution in [3.05, 3.63) is 65.7 Å². The van der Waals surface area contributed by atoms with E-state index in [1.807, 2.05) is 59.5 Å². The van der Waals surface area contributed by atoms with Gasteiger partial charge in [0.1, 0.15) is 11.4 Å². The average Bonchev–Trinajstić information content (AvgIpc) is 3.59. The van der Waals surface area contributed by atoms with E-state index in [1.54, 1.807) is 7.11 Å². The third-order valence-electron chi connectivity index (χ3n) is 6.88. The first-order valence-corrected chi connectivity index (χ1v) is 12.6. The number of rotatable bonds is 8. The lowest BCUT2D eigenvalue weighted by Crippen LogP contribution is -2.38. The van der Waals surface area contributed by atoms with Crippen LogP contribution in [0.15, 0.2) is 59.1 Å². The summed E-state index contributed by atoms with van der Waals surface area (Å²) in [5, 5.41) is 4.50. The molecule has 3 aromatic rings. The van der Waals surface area contributed by atoms with Gasteiger partial charge in [0.15, 0.2) is 0 Å². The van der Waals surface area contributed by atoms with Crippen molar-refractivity contribution in [2.75, 3.05) is 38.3 Å². The number of carbonyl (C=O) groups is 1. The molecule has 0 saturated carbocycles. The van der Waals surface area contributed by atoms with E-state index in [0.717, 1.165) is 68.1 Å². The topological polar surface area (TPSA) is 68.0 Å². The molecule has 3 heterocycles. The van der Waals surface area contributed by atoms with Gasteiger partial charge in [0, 0.05) is 31.8 Å². The van der Waals surface area contributed by atoms with Crippen LogP contribution >= 0.6 is 0 Å². The summed E-state index contributed by atoms with van der Waals surface area (Å²) >= 11 is 0. The lowest BCUT2D eigenvalue weighted by Gasteiger charge is -2.29. The summed E-state index contributed by atoms with van der Waals surface area (Å²) in [6, 6.07) is 17.4. The number of nitrogens with zero attached hydrogens (tertiary/aromatic N) is 3. The minimum absolute atomic E-state index is 0.0205. The lowest BCUT2D eigenvalue weighted by molar-refractivity contribution is 0.0505. The Bertz CT molecular complexity index is 1120. The van der Waals surface area contributed by atoms with E-state index >= 15 is 0 Å². The fraction of sp³-hybridized carbons (Fsp3) is 0.429. The Morgan fingerprint density at radius 3 is 2.57 bits per heavy atom. The number of amides is 1. The summed E-state index contributed by atoms with van der Waals surface area (Å²) in [6.45, 7) is 3.50. The normalized spacial score (nSPS) is 18.0. The first kappa shape index (κ1) is 23.4. The maximum absolute atomic E-state index is 13.9. The highest BCUT2D eigenvalue weighted by Crippen LogP contribution is 2.35. The molecule has 0 spiro atoms. The second kappa shape index (κ2) is 11.0. The fourth-order valence-corrected chi connectivity index (χ4v) is 5.05. The van der Waals surface area contributed by atoms with E-state index in [9.17, 15) is 4.79 Å². The van der Waals surface area contributed by atoms with E-state index in [1.165, 1.54) is 6.42 Å². The van der Waals surface area contributed by atoms with Crippen LogP contribution < -0.4 is 9.64 Å². The molecule has 1 amide bonds. The standard InChI is InChI=1S/C28H33N3O4/c1-33-25-15-7-6-14-23(25)27(32)31(19-22-13-10-18-34-22)20-24-26(21-11-4-2-5-12-21)29-35-28(24)30-16-8-3-9-17-30/h2,4-7,11-12,14-15,22H,3,8-10,13,16-20H2,1H3. The molecule has 5 rings (SSSR count). The summed E-state index contributed by atoms with van der Waals surface area (Å²) < 4.78 is 17.4. The smallest absolute Gasteiger partial charge is 0.258 e. The number of para-hydroxylation sites is 1. The highest BCUT2D eigenvalue weighted by molar-refractivity contribution is 5.97. The Hall–Kier alpha value is -3.32. The minimum Gasteiger partial charge on any atom is -0.496 e. The van der Waals surface area contributed by atoms with Crippen molar-refractivity contribution in [3.63, 3.8) is 0 Å². The van der Waals surface area contributed by atoms with Crippen LogP contribution in [0.2, 0.25) is 0 Å². The molecule has 2 aromatic carbocycles. The molecule has 0 N–H and O–H groups in total. The molecule has 2 saturated heterocycles. The summed E-state index contributed by atoms with van der Waals surface area (Å²) in [5.41, 5.74) is 3.26. The first-order valence-electron chi connectivity index (χ1n) is 12.6. The molecule has 2 aliphatic rings. The molecular weight excluding hydrogens is 442 g/mol. The van der Waals surface area contributed by atoms with Crippen molar-refractivity contribution < 1.29 is 18.8 Å². The highest BCUT2D eigenvalue weighted by atomic mass is 16.5. The number of ether oxygens (including phenoxy) is 2. The zero-order chi connectivity index (χ0) is 24.0. The Kier molecular flexibility index (Phi) is 7.33. The Labute approximate surface area is 206 Å². The first-order chi connectivity index (χ1) is 17.2. The van der Waals surface area contributed by atoms with Crippen molar-refractivity contribution in [2.45, 2.75) is 44.8 Å². The number of anilines is 1. The molecule has 184 valence electrons. The minimum atomic E-state index is -0.0808. The van der Waals surface area contributed by atoms with Crippen molar-refractivity contribution in [1.82, 2.24) is 10.1 Å². The van der Waals surface area contributed by atoms with Gasteiger partial charge in [0.25, 0.3) is 5.91 Å². The number of benzene rings is 2.